The molecule has 0 aromatic heterocycles. The van der Waals surface area contributed by atoms with E-state index in [9.17, 15) is 24.6 Å². The van der Waals surface area contributed by atoms with Crippen LogP contribution in [0.3, 0.4) is 0 Å². The van der Waals surface area contributed by atoms with E-state index in [2.05, 4.69) is 6.92 Å². The minimum absolute atomic E-state index is 0.00806. The summed E-state index contributed by atoms with van der Waals surface area (Å²) < 4.78 is 5.00. The Labute approximate surface area is 171 Å². The highest BCUT2D eigenvalue weighted by Crippen LogP contribution is 2.67. The Kier molecular flexibility index (Phi) is 4.86. The van der Waals surface area contributed by atoms with Gasteiger partial charge in [0.05, 0.1) is 19.1 Å². The summed E-state index contributed by atoms with van der Waals surface area (Å²) >= 11 is 0. The highest BCUT2D eigenvalue weighted by molar-refractivity contribution is 6.01. The van der Waals surface area contributed by atoms with Gasteiger partial charge in [-0.15, -0.1) is 0 Å². The lowest BCUT2D eigenvalue weighted by Crippen LogP contribution is -2.56. The molecule has 0 spiro atoms. The summed E-state index contributed by atoms with van der Waals surface area (Å²) in [7, 11) is 1.33. The fourth-order valence-electron chi connectivity index (χ4n) is 7.45. The number of carbonyl (C=O) groups excluding carboxylic acids is 3. The standard InChI is InChI=1S/C23H30O6/c1-22-7-6-13(25)8-12(22)4-5-14-16-9-15(21(28)29-3)20(18(27)11-24)23(16,2)10-17(26)19(14)22/h6-8,14-17,19-20,24,26H,4-5,9-11H2,1-3H3/t14?,15-,16?,17?,19?,20-,22+,23+/m1/s1. The van der Waals surface area contributed by atoms with Crippen molar-refractivity contribution in [2.45, 2.75) is 45.6 Å². The van der Waals surface area contributed by atoms with Crippen molar-refractivity contribution in [1.29, 1.82) is 0 Å². The van der Waals surface area contributed by atoms with Crippen LogP contribution in [0.15, 0.2) is 23.8 Å². The second-order valence-corrected chi connectivity index (χ2v) is 9.77. The number of Topliss-reactive ketones (excluding diaryl/α,β-unsaturated/α-hetero) is 1. The summed E-state index contributed by atoms with van der Waals surface area (Å²) in [6.45, 7) is 3.47. The van der Waals surface area contributed by atoms with E-state index in [1.165, 1.54) is 7.11 Å². The van der Waals surface area contributed by atoms with E-state index in [4.69, 9.17) is 4.74 Å². The van der Waals surface area contributed by atoms with E-state index in [-0.39, 0.29) is 29.3 Å². The number of allylic oxidation sites excluding steroid dienone is 4. The molecule has 29 heavy (non-hydrogen) atoms. The molecule has 0 aromatic rings. The van der Waals surface area contributed by atoms with Crippen molar-refractivity contribution >= 4 is 17.5 Å². The van der Waals surface area contributed by atoms with Crippen LogP contribution in [-0.4, -0.2) is 47.6 Å². The number of methoxy groups -OCH3 is 1. The summed E-state index contributed by atoms with van der Waals surface area (Å²) in [5.74, 6) is -1.86. The topological polar surface area (TPSA) is 101 Å². The molecule has 158 valence electrons. The maximum absolute atomic E-state index is 12.7. The monoisotopic (exact) mass is 402 g/mol. The Hall–Kier alpha value is -1.79. The van der Waals surface area contributed by atoms with Crippen molar-refractivity contribution in [2.24, 2.45) is 40.4 Å². The van der Waals surface area contributed by atoms with Crippen molar-refractivity contribution < 1.29 is 29.3 Å². The molecule has 6 heteroatoms. The maximum Gasteiger partial charge on any atom is 0.309 e. The third-order valence-corrected chi connectivity index (χ3v) is 8.56. The number of carbonyl (C=O) groups is 3. The largest absolute Gasteiger partial charge is 0.469 e. The number of ether oxygens (including phenoxy) is 1. The van der Waals surface area contributed by atoms with Gasteiger partial charge in [0.1, 0.15) is 6.61 Å². The lowest BCUT2D eigenvalue weighted by molar-refractivity contribution is -0.154. The molecule has 0 heterocycles. The third kappa shape index (κ3) is 2.79. The molecule has 3 fully saturated rings. The lowest BCUT2D eigenvalue weighted by Gasteiger charge is -2.58. The van der Waals surface area contributed by atoms with Crippen LogP contribution in [0.2, 0.25) is 0 Å². The van der Waals surface area contributed by atoms with E-state index in [0.29, 0.717) is 12.8 Å². The highest BCUT2D eigenvalue weighted by atomic mass is 16.5. The Balaban J connectivity index is 1.76. The van der Waals surface area contributed by atoms with E-state index in [1.54, 1.807) is 12.2 Å². The van der Waals surface area contributed by atoms with Crippen LogP contribution in [-0.2, 0) is 19.1 Å². The van der Waals surface area contributed by atoms with E-state index >= 15 is 0 Å². The molecule has 3 saturated carbocycles. The quantitative estimate of drug-likeness (QED) is 0.699. The van der Waals surface area contributed by atoms with Crippen LogP contribution in [0.25, 0.3) is 0 Å². The minimum Gasteiger partial charge on any atom is -0.469 e. The molecule has 6 nitrogen and oxygen atoms in total. The van der Waals surface area contributed by atoms with Gasteiger partial charge in [0, 0.05) is 17.3 Å². The summed E-state index contributed by atoms with van der Waals surface area (Å²) in [4.78, 5) is 37.1. The molecular weight excluding hydrogens is 372 g/mol. The van der Waals surface area contributed by atoms with Crippen LogP contribution in [0.5, 0.6) is 0 Å². The number of hydrogen-bond acceptors (Lipinski definition) is 6. The van der Waals surface area contributed by atoms with Gasteiger partial charge in [-0.05, 0) is 55.1 Å². The predicted molar refractivity (Wildman–Crippen MR) is 104 cm³/mol. The van der Waals surface area contributed by atoms with Crippen molar-refractivity contribution in [3.8, 4) is 0 Å². The van der Waals surface area contributed by atoms with Crippen LogP contribution < -0.4 is 0 Å². The van der Waals surface area contributed by atoms with Gasteiger partial charge in [-0.2, -0.15) is 0 Å². The molecule has 8 atom stereocenters. The molecule has 0 aliphatic heterocycles. The first-order chi connectivity index (χ1) is 13.7. The Morgan fingerprint density at radius 1 is 1.31 bits per heavy atom. The van der Waals surface area contributed by atoms with Gasteiger partial charge in [-0.25, -0.2) is 0 Å². The summed E-state index contributed by atoms with van der Waals surface area (Å²) in [6.07, 6.45) is 7.11. The Morgan fingerprint density at radius 2 is 2.03 bits per heavy atom. The van der Waals surface area contributed by atoms with Crippen LogP contribution in [0.1, 0.15) is 39.5 Å². The van der Waals surface area contributed by atoms with Gasteiger partial charge in [-0.3, -0.25) is 14.4 Å². The number of fused-ring (bicyclic) bond motifs is 5. The lowest BCUT2D eigenvalue weighted by atomic mass is 9.46. The number of aliphatic hydroxyl groups is 2. The number of ketones is 2. The summed E-state index contributed by atoms with van der Waals surface area (Å²) in [5.41, 5.74) is 0.113. The predicted octanol–water partition coefficient (Wildman–Crippen LogP) is 1.84. The number of aliphatic hydroxyl groups excluding tert-OH is 2. The second kappa shape index (κ2) is 6.88. The second-order valence-electron chi connectivity index (χ2n) is 9.77. The van der Waals surface area contributed by atoms with E-state index in [1.807, 2.05) is 13.0 Å². The molecule has 0 bridgehead atoms. The molecule has 4 rings (SSSR count). The summed E-state index contributed by atoms with van der Waals surface area (Å²) in [5, 5.41) is 20.9. The first-order valence-corrected chi connectivity index (χ1v) is 10.5. The minimum atomic E-state index is -0.654. The van der Waals surface area contributed by atoms with Crippen LogP contribution >= 0.6 is 0 Å². The molecule has 4 unspecified atom stereocenters. The van der Waals surface area contributed by atoms with Gasteiger partial charge in [-0.1, -0.05) is 25.5 Å². The maximum atomic E-state index is 12.7. The molecule has 0 saturated heterocycles. The van der Waals surface area contributed by atoms with Crippen LogP contribution in [0.4, 0.5) is 0 Å². The zero-order chi connectivity index (χ0) is 21.1. The molecule has 4 aliphatic carbocycles. The van der Waals surface area contributed by atoms with Crippen molar-refractivity contribution in [1.82, 2.24) is 0 Å². The molecule has 0 amide bonds. The highest BCUT2D eigenvalue weighted by Gasteiger charge is 2.66. The van der Waals surface area contributed by atoms with E-state index in [0.717, 1.165) is 18.4 Å². The molecule has 0 radical (unpaired) electrons. The van der Waals surface area contributed by atoms with Crippen molar-refractivity contribution in [3.63, 3.8) is 0 Å². The fraction of sp³-hybridized carbons (Fsp3) is 0.696. The molecular formula is C23H30O6. The Morgan fingerprint density at radius 3 is 2.69 bits per heavy atom. The number of rotatable bonds is 3. The van der Waals surface area contributed by atoms with Gasteiger partial charge >= 0.3 is 5.97 Å². The van der Waals surface area contributed by atoms with Crippen molar-refractivity contribution in [3.05, 3.63) is 23.8 Å². The van der Waals surface area contributed by atoms with Crippen LogP contribution in [0, 0.1) is 40.4 Å². The first-order valence-electron chi connectivity index (χ1n) is 10.5. The zero-order valence-electron chi connectivity index (χ0n) is 17.3. The van der Waals surface area contributed by atoms with Crippen molar-refractivity contribution in [2.75, 3.05) is 13.7 Å². The molecule has 4 aliphatic rings. The Bertz CT molecular complexity index is 812. The van der Waals surface area contributed by atoms with Gasteiger partial charge in [0.15, 0.2) is 11.6 Å². The van der Waals surface area contributed by atoms with E-state index < -0.39 is 41.3 Å². The first kappa shape index (κ1) is 20.5. The molecule has 0 aromatic carbocycles. The SMILES string of the molecule is COC(=O)[C@@H]1CC2C3CCC4=CC(=O)C=C[C@]4(C)C3C(O)C[C@]2(C)[C@H]1C(=O)CO. The zero-order valence-corrected chi connectivity index (χ0v) is 17.3. The fourth-order valence-corrected chi connectivity index (χ4v) is 7.45. The van der Waals surface area contributed by atoms with Gasteiger partial charge in [0.25, 0.3) is 0 Å². The smallest absolute Gasteiger partial charge is 0.309 e. The molecule has 2 N–H and O–H groups in total. The number of hydrogen-bond donors (Lipinski definition) is 2. The average molecular weight is 402 g/mol. The average Bonchev–Trinajstić information content (AvgIpc) is 2.99. The number of esters is 1. The normalized spacial score (nSPS) is 45.7. The van der Waals surface area contributed by atoms with Gasteiger partial charge in [0.2, 0.25) is 0 Å². The summed E-state index contributed by atoms with van der Waals surface area (Å²) in [6, 6.07) is 0. The van der Waals surface area contributed by atoms with Gasteiger partial charge < -0.3 is 14.9 Å². The third-order valence-electron chi connectivity index (χ3n) is 8.56.